The lowest BCUT2D eigenvalue weighted by Crippen LogP contribution is -2.70. The Bertz CT molecular complexity index is 638. The van der Waals surface area contributed by atoms with Crippen molar-refractivity contribution in [2.75, 3.05) is 7.11 Å². The molecular weight excluding hydrogens is 382 g/mol. The number of halogens is 1. The first-order valence-corrected chi connectivity index (χ1v) is 8.94. The minimum atomic E-state index is -1.18. The summed E-state index contributed by atoms with van der Waals surface area (Å²) in [6, 6.07) is 9.46. The number of hydrogen-bond donors (Lipinski definition) is 0. The number of benzene rings is 1. The molecule has 2 heterocycles. The maximum Gasteiger partial charge on any atom is 0.345 e. The second-order valence-corrected chi connectivity index (χ2v) is 8.95. The fourth-order valence-electron chi connectivity index (χ4n) is 2.93. The van der Waals surface area contributed by atoms with Crippen LogP contribution in [0.2, 0.25) is 0 Å². The van der Waals surface area contributed by atoms with Crippen molar-refractivity contribution in [2.45, 2.75) is 41.1 Å². The molecule has 2 fully saturated rings. The summed E-state index contributed by atoms with van der Waals surface area (Å²) in [6.45, 7) is 4.03. The Morgan fingerprint density at radius 1 is 1.35 bits per heavy atom. The molecule has 0 N–H and O–H groups in total. The van der Waals surface area contributed by atoms with E-state index in [1.165, 1.54) is 7.11 Å². The molecule has 0 radical (unpaired) electrons. The van der Waals surface area contributed by atoms with Crippen LogP contribution in [0.5, 0.6) is 0 Å². The molecule has 0 saturated carbocycles. The van der Waals surface area contributed by atoms with E-state index in [2.05, 4.69) is 15.9 Å². The molecule has 7 heteroatoms. The zero-order valence-electron chi connectivity index (χ0n) is 13.1. The summed E-state index contributed by atoms with van der Waals surface area (Å²) in [6.07, 6.45) is -0.499. The van der Waals surface area contributed by atoms with E-state index in [4.69, 9.17) is 9.47 Å². The largest absolute Gasteiger partial charge is 0.458 e. The molecule has 0 bridgehead atoms. The standard InChI is InChI=1S/C16H18BrNO4S/c1-15(2)16(17,18-12(19)11(21-3)13(18)23-15)14(20)22-9-10-7-5-4-6-8-10/h4-8,11,13H,9H2,1-3H3/t11-,13-,16+/m1/s1. The van der Waals surface area contributed by atoms with Gasteiger partial charge in [-0.05, 0) is 35.3 Å². The highest BCUT2D eigenvalue weighted by molar-refractivity contribution is 9.10. The highest BCUT2D eigenvalue weighted by Crippen LogP contribution is 2.60. The van der Waals surface area contributed by atoms with E-state index >= 15 is 0 Å². The van der Waals surface area contributed by atoms with Crippen molar-refractivity contribution in [1.29, 1.82) is 0 Å². The molecule has 3 atom stereocenters. The number of hydrogen-bond acceptors (Lipinski definition) is 5. The van der Waals surface area contributed by atoms with Gasteiger partial charge < -0.3 is 9.47 Å². The smallest absolute Gasteiger partial charge is 0.345 e. The lowest BCUT2D eigenvalue weighted by Gasteiger charge is -2.46. The summed E-state index contributed by atoms with van der Waals surface area (Å²) in [5.41, 5.74) is 0.904. The van der Waals surface area contributed by atoms with Crippen molar-refractivity contribution in [3.05, 3.63) is 35.9 Å². The van der Waals surface area contributed by atoms with E-state index in [-0.39, 0.29) is 17.9 Å². The van der Waals surface area contributed by atoms with E-state index in [0.717, 1.165) is 5.56 Å². The number of methoxy groups -OCH3 is 1. The van der Waals surface area contributed by atoms with Crippen molar-refractivity contribution in [1.82, 2.24) is 4.90 Å². The molecule has 0 unspecified atom stereocenters. The summed E-state index contributed by atoms with van der Waals surface area (Å²) >= 11 is 5.06. The van der Waals surface area contributed by atoms with E-state index in [0.29, 0.717) is 0 Å². The Labute approximate surface area is 147 Å². The Morgan fingerprint density at radius 2 is 2.00 bits per heavy atom. The van der Waals surface area contributed by atoms with Crippen molar-refractivity contribution in [2.24, 2.45) is 0 Å². The molecule has 124 valence electrons. The van der Waals surface area contributed by atoms with E-state index in [1.807, 2.05) is 44.2 Å². The predicted molar refractivity (Wildman–Crippen MR) is 91.0 cm³/mol. The Kier molecular flexibility index (Phi) is 4.23. The quantitative estimate of drug-likeness (QED) is 0.337. The van der Waals surface area contributed by atoms with Gasteiger partial charge in [0.15, 0.2) is 6.10 Å². The zero-order valence-corrected chi connectivity index (χ0v) is 15.5. The first-order valence-electron chi connectivity index (χ1n) is 7.27. The fourth-order valence-corrected chi connectivity index (χ4v) is 5.52. The maximum atomic E-state index is 12.8. The number of nitrogens with zero attached hydrogens (tertiary/aromatic N) is 1. The number of carbonyl (C=O) groups is 2. The fraction of sp³-hybridized carbons (Fsp3) is 0.500. The Morgan fingerprint density at radius 3 is 2.61 bits per heavy atom. The van der Waals surface area contributed by atoms with Crippen LogP contribution in [-0.4, -0.2) is 44.6 Å². The van der Waals surface area contributed by atoms with Crippen LogP contribution in [0.25, 0.3) is 0 Å². The third-order valence-corrected chi connectivity index (χ3v) is 7.82. The van der Waals surface area contributed by atoms with E-state index in [1.54, 1.807) is 16.7 Å². The van der Waals surface area contributed by atoms with Gasteiger partial charge in [0.05, 0.1) is 4.75 Å². The average Bonchev–Trinajstić information content (AvgIpc) is 2.71. The minimum absolute atomic E-state index is 0.175. The van der Waals surface area contributed by atoms with Crippen LogP contribution in [0.15, 0.2) is 30.3 Å². The van der Waals surface area contributed by atoms with Gasteiger partial charge in [0, 0.05) is 7.11 Å². The lowest BCUT2D eigenvalue weighted by atomic mass is 9.97. The van der Waals surface area contributed by atoms with Crippen LogP contribution in [0.3, 0.4) is 0 Å². The van der Waals surface area contributed by atoms with Crippen molar-refractivity contribution in [3.8, 4) is 0 Å². The summed E-state index contributed by atoms with van der Waals surface area (Å²) in [5.74, 6) is -0.645. The van der Waals surface area contributed by atoms with Crippen molar-refractivity contribution >= 4 is 39.6 Å². The Balaban J connectivity index is 1.79. The van der Waals surface area contributed by atoms with Gasteiger partial charge in [-0.2, -0.15) is 0 Å². The number of β-lactam (4-membered cyclic amide) rings is 1. The van der Waals surface area contributed by atoms with Crippen molar-refractivity contribution in [3.63, 3.8) is 0 Å². The molecule has 5 nitrogen and oxygen atoms in total. The van der Waals surface area contributed by atoms with Crippen LogP contribution in [0, 0.1) is 0 Å². The summed E-state index contributed by atoms with van der Waals surface area (Å²) < 4.78 is 8.99. The van der Waals surface area contributed by atoms with Gasteiger partial charge in [0.2, 0.25) is 4.45 Å². The number of carbonyl (C=O) groups excluding carboxylic acids is 2. The van der Waals surface area contributed by atoms with Crippen LogP contribution in [-0.2, 0) is 25.7 Å². The normalized spacial score (nSPS) is 31.5. The SMILES string of the molecule is CO[C@@H]1C(=O)N2[C@@H]1SC(C)(C)[C@]2(Br)C(=O)OCc1ccccc1. The second kappa shape index (κ2) is 5.79. The van der Waals surface area contributed by atoms with Crippen LogP contribution in [0.1, 0.15) is 19.4 Å². The molecule has 0 aliphatic carbocycles. The molecule has 2 aliphatic rings. The van der Waals surface area contributed by atoms with Gasteiger partial charge in [0.1, 0.15) is 12.0 Å². The van der Waals surface area contributed by atoms with Crippen LogP contribution in [0.4, 0.5) is 0 Å². The molecule has 1 aromatic rings. The number of ether oxygens (including phenoxy) is 2. The number of rotatable bonds is 4. The van der Waals surface area contributed by atoms with Gasteiger partial charge in [0.25, 0.3) is 5.91 Å². The number of alkyl halides is 1. The molecule has 0 aromatic heterocycles. The molecule has 23 heavy (non-hydrogen) atoms. The number of thioether (sulfide) groups is 1. The average molecular weight is 400 g/mol. The molecule has 2 saturated heterocycles. The summed E-state index contributed by atoms with van der Waals surface area (Å²) in [7, 11) is 1.51. The first-order chi connectivity index (χ1) is 10.8. The molecular formula is C16H18BrNO4S. The molecule has 2 aliphatic heterocycles. The molecule has 1 amide bonds. The zero-order chi connectivity index (χ0) is 16.8. The monoisotopic (exact) mass is 399 g/mol. The Hall–Kier alpha value is -1.05. The minimum Gasteiger partial charge on any atom is -0.458 e. The first kappa shape index (κ1) is 16.8. The highest BCUT2D eigenvalue weighted by atomic mass is 79.9. The van der Waals surface area contributed by atoms with E-state index in [9.17, 15) is 9.59 Å². The molecule has 1 aromatic carbocycles. The lowest BCUT2D eigenvalue weighted by molar-refractivity contribution is -0.177. The third-order valence-electron chi connectivity index (χ3n) is 4.28. The predicted octanol–water partition coefficient (Wildman–Crippen LogP) is 2.53. The van der Waals surface area contributed by atoms with Gasteiger partial charge in [-0.15, -0.1) is 11.8 Å². The van der Waals surface area contributed by atoms with Crippen LogP contribution >= 0.6 is 27.7 Å². The van der Waals surface area contributed by atoms with Crippen molar-refractivity contribution < 1.29 is 19.1 Å². The van der Waals surface area contributed by atoms with Gasteiger partial charge >= 0.3 is 5.97 Å². The topological polar surface area (TPSA) is 55.8 Å². The number of fused-ring (bicyclic) bond motifs is 1. The van der Waals surface area contributed by atoms with Gasteiger partial charge in [-0.3, -0.25) is 9.69 Å². The van der Waals surface area contributed by atoms with Crippen LogP contribution < -0.4 is 0 Å². The van der Waals surface area contributed by atoms with Gasteiger partial charge in [-0.1, -0.05) is 30.3 Å². The summed E-state index contributed by atoms with van der Waals surface area (Å²) in [5, 5.41) is -0.175. The third kappa shape index (κ3) is 2.40. The second-order valence-electron chi connectivity index (χ2n) is 6.07. The number of esters is 1. The van der Waals surface area contributed by atoms with E-state index < -0.39 is 21.3 Å². The van der Waals surface area contributed by atoms with Gasteiger partial charge in [-0.25, -0.2) is 4.79 Å². The summed E-state index contributed by atoms with van der Waals surface area (Å²) in [4.78, 5) is 26.6. The molecule has 0 spiro atoms. The maximum absolute atomic E-state index is 12.8. The molecule has 3 rings (SSSR count). The highest BCUT2D eigenvalue weighted by Gasteiger charge is 2.72. The number of amides is 1.